The Morgan fingerprint density at radius 1 is 1.50 bits per heavy atom. The zero-order valence-electron chi connectivity index (χ0n) is 8.79. The molecule has 0 heterocycles. The molecule has 0 aliphatic rings. The van der Waals surface area contributed by atoms with Gasteiger partial charge in [-0.2, -0.15) is 11.8 Å². The van der Waals surface area contributed by atoms with Crippen molar-refractivity contribution in [1.29, 1.82) is 0 Å². The van der Waals surface area contributed by atoms with Crippen molar-refractivity contribution in [2.24, 2.45) is 0 Å². The predicted molar refractivity (Wildman–Crippen MR) is 66.9 cm³/mol. The highest BCUT2D eigenvalue weighted by Gasteiger charge is 2.00. The molecule has 0 radical (unpaired) electrons. The van der Waals surface area contributed by atoms with Crippen molar-refractivity contribution >= 4 is 23.1 Å². The lowest BCUT2D eigenvalue weighted by Crippen LogP contribution is -2.17. The van der Waals surface area contributed by atoms with E-state index in [2.05, 4.69) is 19.2 Å². The minimum absolute atomic E-state index is 0.488. The number of benzene rings is 1. The molecule has 1 atom stereocenters. The Kier molecular flexibility index (Phi) is 4.66. The van der Waals surface area contributed by atoms with Crippen LogP contribution in [0.1, 0.15) is 13.8 Å². The summed E-state index contributed by atoms with van der Waals surface area (Å²) < 4.78 is 0. The highest BCUT2D eigenvalue weighted by atomic mass is 32.2. The summed E-state index contributed by atoms with van der Waals surface area (Å²) >= 11 is 1.95. The van der Waals surface area contributed by atoms with Crippen LogP contribution >= 0.6 is 11.8 Å². The van der Waals surface area contributed by atoms with E-state index in [1.807, 2.05) is 36.0 Å². The Morgan fingerprint density at radius 3 is 2.93 bits per heavy atom. The fourth-order valence-electron chi connectivity index (χ4n) is 1.25. The maximum absolute atomic E-state index is 5.69. The number of hydrogen-bond acceptors (Lipinski definition) is 3. The molecule has 14 heavy (non-hydrogen) atoms. The van der Waals surface area contributed by atoms with Gasteiger partial charge in [-0.25, -0.2) is 0 Å². The minimum Gasteiger partial charge on any atom is -0.399 e. The third-order valence-electron chi connectivity index (χ3n) is 1.87. The second kappa shape index (κ2) is 5.81. The molecule has 1 aromatic carbocycles. The molecule has 0 aliphatic heterocycles. The molecule has 1 unspecified atom stereocenters. The Bertz CT molecular complexity index is 276. The number of nitrogens with one attached hydrogen (secondary N) is 1. The van der Waals surface area contributed by atoms with Crippen molar-refractivity contribution in [1.82, 2.24) is 0 Å². The average Bonchev–Trinajstić information content (AvgIpc) is 2.15. The second-order valence-electron chi connectivity index (χ2n) is 3.33. The summed E-state index contributed by atoms with van der Waals surface area (Å²) in [6.07, 6.45) is 0. The third kappa shape index (κ3) is 3.92. The first kappa shape index (κ1) is 11.2. The molecular weight excluding hydrogens is 192 g/mol. The number of nitrogen functional groups attached to an aromatic ring is 1. The van der Waals surface area contributed by atoms with Gasteiger partial charge in [-0.05, 0) is 30.9 Å². The Balaban J connectivity index is 2.43. The fraction of sp³-hybridized carbons (Fsp3) is 0.455. The summed E-state index contributed by atoms with van der Waals surface area (Å²) in [6, 6.07) is 8.37. The van der Waals surface area contributed by atoms with Crippen molar-refractivity contribution in [3.8, 4) is 0 Å². The van der Waals surface area contributed by atoms with E-state index in [4.69, 9.17) is 5.73 Å². The van der Waals surface area contributed by atoms with Crippen LogP contribution in [0, 0.1) is 0 Å². The van der Waals surface area contributed by atoms with E-state index < -0.39 is 0 Å². The minimum atomic E-state index is 0.488. The van der Waals surface area contributed by atoms with Gasteiger partial charge < -0.3 is 11.1 Å². The lowest BCUT2D eigenvalue weighted by Gasteiger charge is -2.14. The van der Waals surface area contributed by atoms with Crippen LogP contribution in [-0.4, -0.2) is 17.5 Å². The molecule has 3 heteroatoms. The summed E-state index contributed by atoms with van der Waals surface area (Å²) in [5.41, 5.74) is 7.61. The quantitative estimate of drug-likeness (QED) is 0.734. The van der Waals surface area contributed by atoms with E-state index in [1.54, 1.807) is 0 Å². The van der Waals surface area contributed by atoms with E-state index >= 15 is 0 Å². The maximum Gasteiger partial charge on any atom is 0.0363 e. The number of nitrogens with two attached hydrogens (primary N) is 1. The molecule has 0 aliphatic carbocycles. The summed E-state index contributed by atoms with van der Waals surface area (Å²) in [4.78, 5) is 0. The first-order valence-corrected chi connectivity index (χ1v) is 6.07. The van der Waals surface area contributed by atoms with E-state index in [9.17, 15) is 0 Å². The topological polar surface area (TPSA) is 38.0 Å². The van der Waals surface area contributed by atoms with Crippen LogP contribution < -0.4 is 11.1 Å². The predicted octanol–water partition coefficient (Wildman–Crippen LogP) is 2.82. The van der Waals surface area contributed by atoms with Crippen molar-refractivity contribution in [2.75, 3.05) is 22.6 Å². The molecule has 78 valence electrons. The SMILES string of the molecule is CCSCC(C)Nc1cccc(N)c1. The van der Waals surface area contributed by atoms with Crippen molar-refractivity contribution in [2.45, 2.75) is 19.9 Å². The summed E-state index contributed by atoms with van der Waals surface area (Å²) in [5.74, 6) is 2.30. The van der Waals surface area contributed by atoms with E-state index in [1.165, 1.54) is 5.75 Å². The van der Waals surface area contributed by atoms with Gasteiger partial charge in [0.05, 0.1) is 0 Å². The molecular formula is C11H18N2S. The van der Waals surface area contributed by atoms with Crippen LogP contribution in [0.4, 0.5) is 11.4 Å². The Hall–Kier alpha value is -0.830. The van der Waals surface area contributed by atoms with Gasteiger partial charge in [-0.15, -0.1) is 0 Å². The van der Waals surface area contributed by atoms with Crippen LogP contribution in [-0.2, 0) is 0 Å². The standard InChI is InChI=1S/C11H18N2S/c1-3-14-8-9(2)13-11-6-4-5-10(12)7-11/h4-7,9,13H,3,8,12H2,1-2H3. The van der Waals surface area contributed by atoms with E-state index in [0.29, 0.717) is 6.04 Å². The molecule has 1 aromatic rings. The summed E-state index contributed by atoms with van der Waals surface area (Å²) in [6.45, 7) is 4.36. The van der Waals surface area contributed by atoms with Crippen molar-refractivity contribution in [3.63, 3.8) is 0 Å². The number of hydrogen-bond donors (Lipinski definition) is 2. The first-order chi connectivity index (χ1) is 6.72. The second-order valence-corrected chi connectivity index (χ2v) is 4.65. The molecule has 1 rings (SSSR count). The zero-order chi connectivity index (χ0) is 10.4. The highest BCUT2D eigenvalue weighted by Crippen LogP contribution is 2.14. The van der Waals surface area contributed by atoms with Gasteiger partial charge in [0.2, 0.25) is 0 Å². The normalized spacial score (nSPS) is 12.4. The average molecular weight is 210 g/mol. The molecule has 0 saturated carbocycles. The molecule has 0 amide bonds. The van der Waals surface area contributed by atoms with Crippen LogP contribution in [0.5, 0.6) is 0 Å². The maximum atomic E-state index is 5.69. The van der Waals surface area contributed by atoms with Crippen molar-refractivity contribution in [3.05, 3.63) is 24.3 Å². The molecule has 0 bridgehead atoms. The van der Waals surface area contributed by atoms with E-state index in [0.717, 1.165) is 17.1 Å². The highest BCUT2D eigenvalue weighted by molar-refractivity contribution is 7.99. The first-order valence-electron chi connectivity index (χ1n) is 4.92. The monoisotopic (exact) mass is 210 g/mol. The molecule has 0 aromatic heterocycles. The van der Waals surface area contributed by atoms with Crippen LogP contribution in [0.3, 0.4) is 0 Å². The van der Waals surface area contributed by atoms with Crippen LogP contribution in [0.15, 0.2) is 24.3 Å². The van der Waals surface area contributed by atoms with Gasteiger partial charge in [-0.3, -0.25) is 0 Å². The number of thioether (sulfide) groups is 1. The third-order valence-corrected chi connectivity index (χ3v) is 3.02. The molecule has 0 spiro atoms. The molecule has 0 saturated heterocycles. The fourth-order valence-corrected chi connectivity index (χ4v) is 1.92. The lowest BCUT2D eigenvalue weighted by molar-refractivity contribution is 0.913. The van der Waals surface area contributed by atoms with Gasteiger partial charge in [0.15, 0.2) is 0 Å². The van der Waals surface area contributed by atoms with Crippen molar-refractivity contribution < 1.29 is 0 Å². The summed E-state index contributed by atoms with van der Waals surface area (Å²) in [7, 11) is 0. The lowest BCUT2D eigenvalue weighted by atomic mass is 10.2. The van der Waals surface area contributed by atoms with Crippen LogP contribution in [0.2, 0.25) is 0 Å². The van der Waals surface area contributed by atoms with Gasteiger partial charge in [0, 0.05) is 23.2 Å². The number of rotatable bonds is 5. The smallest absolute Gasteiger partial charge is 0.0363 e. The van der Waals surface area contributed by atoms with Gasteiger partial charge in [0.1, 0.15) is 0 Å². The van der Waals surface area contributed by atoms with Gasteiger partial charge in [0.25, 0.3) is 0 Å². The van der Waals surface area contributed by atoms with Gasteiger partial charge >= 0.3 is 0 Å². The molecule has 2 nitrogen and oxygen atoms in total. The zero-order valence-corrected chi connectivity index (χ0v) is 9.60. The Labute approximate surface area is 90.3 Å². The molecule has 0 fully saturated rings. The number of anilines is 2. The van der Waals surface area contributed by atoms with E-state index in [-0.39, 0.29) is 0 Å². The largest absolute Gasteiger partial charge is 0.399 e. The van der Waals surface area contributed by atoms with Crippen LogP contribution in [0.25, 0.3) is 0 Å². The van der Waals surface area contributed by atoms with Gasteiger partial charge in [-0.1, -0.05) is 13.0 Å². The summed E-state index contributed by atoms with van der Waals surface area (Å²) in [5, 5.41) is 3.42. The molecule has 3 N–H and O–H groups in total. The Morgan fingerprint density at radius 2 is 2.29 bits per heavy atom.